The Labute approximate surface area is 125 Å². The van der Waals surface area contributed by atoms with Crippen LogP contribution in [0.25, 0.3) is 0 Å². The lowest BCUT2D eigenvalue weighted by Crippen LogP contribution is -2.00. The third-order valence-corrected chi connectivity index (χ3v) is 3.98. The Morgan fingerprint density at radius 3 is 2.61 bits per heavy atom. The summed E-state index contributed by atoms with van der Waals surface area (Å²) in [7, 11) is 0. The zero-order valence-corrected chi connectivity index (χ0v) is 12.9. The average Bonchev–Trinajstić information content (AvgIpc) is 2.34. The fourth-order valence-electron chi connectivity index (χ4n) is 1.58. The molecule has 0 fully saturated rings. The van der Waals surface area contributed by atoms with Crippen LogP contribution in [0.4, 0.5) is 5.69 Å². The second-order valence-corrected chi connectivity index (χ2v) is 5.76. The third kappa shape index (κ3) is 3.41. The van der Waals surface area contributed by atoms with Gasteiger partial charge < -0.3 is 5.32 Å². The molecule has 94 valence electrons. The molecular weight excluding hydrogens is 333 g/mol. The molecule has 1 nitrogen and oxygen atoms in total. The number of aryl methyl sites for hydroxylation is 1. The van der Waals surface area contributed by atoms with E-state index in [1.165, 1.54) is 0 Å². The number of benzene rings is 2. The van der Waals surface area contributed by atoms with Gasteiger partial charge in [-0.3, -0.25) is 0 Å². The molecule has 0 aliphatic rings. The van der Waals surface area contributed by atoms with Gasteiger partial charge in [-0.05, 0) is 58.2 Å². The van der Waals surface area contributed by atoms with E-state index < -0.39 is 0 Å². The molecule has 4 heteroatoms. The average molecular weight is 345 g/mol. The first-order valence-corrected chi connectivity index (χ1v) is 7.05. The first-order chi connectivity index (χ1) is 8.56. The SMILES string of the molecule is Cc1ccc(CNc2cc(Cl)ccc2Br)cc1Cl. The lowest BCUT2D eigenvalue weighted by molar-refractivity contribution is 1.14. The van der Waals surface area contributed by atoms with Crippen LogP contribution in [-0.2, 0) is 6.54 Å². The number of hydrogen-bond acceptors (Lipinski definition) is 1. The zero-order valence-electron chi connectivity index (χ0n) is 9.81. The Morgan fingerprint density at radius 2 is 1.89 bits per heavy atom. The second-order valence-electron chi connectivity index (χ2n) is 4.06. The van der Waals surface area contributed by atoms with E-state index in [0.717, 1.165) is 26.3 Å². The van der Waals surface area contributed by atoms with Crippen LogP contribution in [0, 0.1) is 6.92 Å². The molecule has 0 amide bonds. The van der Waals surface area contributed by atoms with E-state index in [1.54, 1.807) is 0 Å². The number of nitrogens with one attached hydrogen (secondary N) is 1. The Hall–Kier alpha value is -0.700. The quantitative estimate of drug-likeness (QED) is 0.755. The minimum atomic E-state index is 0.707. The fraction of sp³-hybridized carbons (Fsp3) is 0.143. The van der Waals surface area contributed by atoms with Gasteiger partial charge in [0.15, 0.2) is 0 Å². The van der Waals surface area contributed by atoms with E-state index in [9.17, 15) is 0 Å². The van der Waals surface area contributed by atoms with Crippen molar-refractivity contribution in [2.75, 3.05) is 5.32 Å². The second kappa shape index (κ2) is 5.96. The third-order valence-electron chi connectivity index (χ3n) is 2.65. The van der Waals surface area contributed by atoms with Crippen molar-refractivity contribution in [2.45, 2.75) is 13.5 Å². The summed E-state index contributed by atoms with van der Waals surface area (Å²) in [5, 5.41) is 4.83. The van der Waals surface area contributed by atoms with Crippen molar-refractivity contribution in [1.82, 2.24) is 0 Å². The number of anilines is 1. The van der Waals surface area contributed by atoms with Crippen molar-refractivity contribution in [2.24, 2.45) is 0 Å². The summed E-state index contributed by atoms with van der Waals surface area (Å²) >= 11 is 15.5. The summed E-state index contributed by atoms with van der Waals surface area (Å²) in [6.07, 6.45) is 0. The first-order valence-electron chi connectivity index (χ1n) is 5.50. The lowest BCUT2D eigenvalue weighted by atomic mass is 10.1. The lowest BCUT2D eigenvalue weighted by Gasteiger charge is -2.10. The topological polar surface area (TPSA) is 12.0 Å². The van der Waals surface area contributed by atoms with Gasteiger partial charge in [0.1, 0.15) is 0 Å². The van der Waals surface area contributed by atoms with Crippen LogP contribution >= 0.6 is 39.1 Å². The Balaban J connectivity index is 2.11. The van der Waals surface area contributed by atoms with E-state index in [2.05, 4.69) is 27.3 Å². The summed E-state index contributed by atoms with van der Waals surface area (Å²) in [6, 6.07) is 11.7. The maximum absolute atomic E-state index is 6.09. The molecule has 18 heavy (non-hydrogen) atoms. The molecule has 0 saturated heterocycles. The van der Waals surface area contributed by atoms with Crippen LogP contribution in [0.15, 0.2) is 40.9 Å². The summed E-state index contributed by atoms with van der Waals surface area (Å²) in [5.41, 5.74) is 3.20. The minimum Gasteiger partial charge on any atom is -0.380 e. The Kier molecular flexibility index (Phi) is 4.55. The van der Waals surface area contributed by atoms with Gasteiger partial charge in [0.05, 0.1) is 5.69 Å². The molecule has 2 rings (SSSR count). The van der Waals surface area contributed by atoms with Gasteiger partial charge in [-0.2, -0.15) is 0 Å². The molecule has 0 heterocycles. The molecular formula is C14H12BrCl2N. The van der Waals surface area contributed by atoms with E-state index in [0.29, 0.717) is 11.6 Å². The normalized spacial score (nSPS) is 10.4. The van der Waals surface area contributed by atoms with Crippen LogP contribution in [0.3, 0.4) is 0 Å². The van der Waals surface area contributed by atoms with Gasteiger partial charge in [0.2, 0.25) is 0 Å². The van der Waals surface area contributed by atoms with Crippen LogP contribution in [0.1, 0.15) is 11.1 Å². The highest BCUT2D eigenvalue weighted by atomic mass is 79.9. The zero-order chi connectivity index (χ0) is 13.1. The van der Waals surface area contributed by atoms with Crippen LogP contribution in [-0.4, -0.2) is 0 Å². The molecule has 0 saturated carbocycles. The van der Waals surface area contributed by atoms with E-state index >= 15 is 0 Å². The fourth-order valence-corrected chi connectivity index (χ4v) is 2.34. The predicted octanol–water partition coefficient (Wildman–Crippen LogP) is 5.68. The Morgan fingerprint density at radius 1 is 1.11 bits per heavy atom. The summed E-state index contributed by atoms with van der Waals surface area (Å²) in [4.78, 5) is 0. The summed E-state index contributed by atoms with van der Waals surface area (Å²) in [6.45, 7) is 2.70. The van der Waals surface area contributed by atoms with E-state index in [-0.39, 0.29) is 0 Å². The monoisotopic (exact) mass is 343 g/mol. The van der Waals surface area contributed by atoms with Crippen molar-refractivity contribution in [3.8, 4) is 0 Å². The highest BCUT2D eigenvalue weighted by Crippen LogP contribution is 2.26. The highest BCUT2D eigenvalue weighted by Gasteiger charge is 2.02. The smallest absolute Gasteiger partial charge is 0.0502 e. The van der Waals surface area contributed by atoms with E-state index in [4.69, 9.17) is 23.2 Å². The molecule has 0 aliphatic carbocycles. The first kappa shape index (κ1) is 13.7. The van der Waals surface area contributed by atoms with Gasteiger partial charge in [0.25, 0.3) is 0 Å². The van der Waals surface area contributed by atoms with Gasteiger partial charge in [-0.25, -0.2) is 0 Å². The molecule has 0 unspecified atom stereocenters. The largest absolute Gasteiger partial charge is 0.380 e. The van der Waals surface area contributed by atoms with Gasteiger partial charge in [-0.15, -0.1) is 0 Å². The molecule has 1 N–H and O–H groups in total. The minimum absolute atomic E-state index is 0.707. The van der Waals surface area contributed by atoms with Crippen LogP contribution in [0.5, 0.6) is 0 Å². The van der Waals surface area contributed by atoms with Gasteiger partial charge in [0, 0.05) is 21.1 Å². The molecule has 0 atom stereocenters. The highest BCUT2D eigenvalue weighted by molar-refractivity contribution is 9.10. The molecule has 0 bridgehead atoms. The molecule has 0 spiro atoms. The summed E-state index contributed by atoms with van der Waals surface area (Å²) < 4.78 is 0.991. The number of hydrogen-bond donors (Lipinski definition) is 1. The van der Waals surface area contributed by atoms with Gasteiger partial charge >= 0.3 is 0 Å². The van der Waals surface area contributed by atoms with Gasteiger partial charge in [-0.1, -0.05) is 35.3 Å². The maximum atomic E-state index is 6.09. The van der Waals surface area contributed by atoms with Crippen molar-refractivity contribution in [1.29, 1.82) is 0 Å². The van der Waals surface area contributed by atoms with Crippen LogP contribution in [0.2, 0.25) is 10.0 Å². The van der Waals surface area contributed by atoms with E-state index in [1.807, 2.05) is 37.3 Å². The number of rotatable bonds is 3. The molecule has 2 aromatic carbocycles. The summed E-state index contributed by atoms with van der Waals surface area (Å²) in [5.74, 6) is 0. The maximum Gasteiger partial charge on any atom is 0.0502 e. The Bertz CT molecular complexity index is 570. The predicted molar refractivity (Wildman–Crippen MR) is 82.7 cm³/mol. The van der Waals surface area contributed by atoms with Crippen molar-refractivity contribution in [3.05, 3.63) is 62.0 Å². The van der Waals surface area contributed by atoms with Crippen molar-refractivity contribution >= 4 is 44.8 Å². The molecule has 0 aliphatic heterocycles. The molecule has 2 aromatic rings. The molecule has 0 aromatic heterocycles. The number of halogens is 3. The van der Waals surface area contributed by atoms with Crippen molar-refractivity contribution in [3.63, 3.8) is 0 Å². The standard InChI is InChI=1S/C14H12BrCl2N/c1-9-2-3-10(6-13(9)17)8-18-14-7-11(16)4-5-12(14)15/h2-7,18H,8H2,1H3. The molecule has 0 radical (unpaired) electrons. The van der Waals surface area contributed by atoms with Crippen LogP contribution < -0.4 is 5.32 Å². The van der Waals surface area contributed by atoms with Crippen molar-refractivity contribution < 1.29 is 0 Å².